The van der Waals surface area contributed by atoms with Gasteiger partial charge in [-0.1, -0.05) is 12.1 Å². The molecule has 1 aromatic rings. The Morgan fingerprint density at radius 1 is 1.28 bits per heavy atom. The molecule has 0 spiro atoms. The normalized spacial score (nSPS) is 23.6. The third-order valence-electron chi connectivity index (χ3n) is 3.09. The van der Waals surface area contributed by atoms with Gasteiger partial charge in [0, 0.05) is 18.3 Å². The molecule has 0 amide bonds. The van der Waals surface area contributed by atoms with Crippen molar-refractivity contribution in [2.75, 3.05) is 11.9 Å². The van der Waals surface area contributed by atoms with Crippen molar-refractivity contribution in [3.63, 3.8) is 0 Å². The van der Waals surface area contributed by atoms with E-state index < -0.39 is 11.7 Å². The first-order valence-electron chi connectivity index (χ1n) is 6.05. The molecular formula is C13H16F3NO. The number of alkyl halides is 3. The molecule has 0 aliphatic heterocycles. The maximum atomic E-state index is 12.8. The minimum atomic E-state index is -4.31. The van der Waals surface area contributed by atoms with E-state index in [4.69, 9.17) is 4.74 Å². The minimum Gasteiger partial charge on any atom is -0.382 e. The van der Waals surface area contributed by atoms with Crippen LogP contribution in [0.2, 0.25) is 0 Å². The predicted molar refractivity (Wildman–Crippen MR) is 63.5 cm³/mol. The maximum absolute atomic E-state index is 12.8. The average molecular weight is 259 g/mol. The molecule has 2 rings (SSSR count). The molecule has 1 aliphatic carbocycles. The lowest BCUT2D eigenvalue weighted by Gasteiger charge is -2.36. The molecular weight excluding hydrogens is 243 g/mol. The SMILES string of the molecule is CCOC1CC(Nc2ccccc2C(F)(F)F)C1. The van der Waals surface area contributed by atoms with Crippen molar-refractivity contribution in [1.29, 1.82) is 0 Å². The van der Waals surface area contributed by atoms with Gasteiger partial charge < -0.3 is 10.1 Å². The highest BCUT2D eigenvalue weighted by Gasteiger charge is 2.35. The Labute approximate surface area is 104 Å². The van der Waals surface area contributed by atoms with E-state index in [1.165, 1.54) is 12.1 Å². The smallest absolute Gasteiger partial charge is 0.382 e. The fraction of sp³-hybridized carbons (Fsp3) is 0.538. The summed E-state index contributed by atoms with van der Waals surface area (Å²) in [4.78, 5) is 0. The lowest BCUT2D eigenvalue weighted by Crippen LogP contribution is -2.41. The summed E-state index contributed by atoms with van der Waals surface area (Å²) in [5, 5.41) is 2.94. The van der Waals surface area contributed by atoms with Crippen molar-refractivity contribution < 1.29 is 17.9 Å². The van der Waals surface area contributed by atoms with E-state index in [2.05, 4.69) is 5.32 Å². The largest absolute Gasteiger partial charge is 0.418 e. The summed E-state index contributed by atoms with van der Waals surface area (Å²) >= 11 is 0. The molecule has 1 fully saturated rings. The first-order valence-corrected chi connectivity index (χ1v) is 6.05. The Balaban J connectivity index is 1.99. The van der Waals surface area contributed by atoms with Gasteiger partial charge in [-0.25, -0.2) is 0 Å². The summed E-state index contributed by atoms with van der Waals surface area (Å²) < 4.78 is 43.6. The lowest BCUT2D eigenvalue weighted by atomic mass is 9.89. The van der Waals surface area contributed by atoms with E-state index >= 15 is 0 Å². The number of benzene rings is 1. The predicted octanol–water partition coefficient (Wildman–Crippen LogP) is 3.68. The average Bonchev–Trinajstić information content (AvgIpc) is 2.25. The molecule has 100 valence electrons. The Kier molecular flexibility index (Phi) is 3.80. The molecule has 5 heteroatoms. The number of anilines is 1. The van der Waals surface area contributed by atoms with Gasteiger partial charge in [0.25, 0.3) is 0 Å². The van der Waals surface area contributed by atoms with Crippen molar-refractivity contribution in [2.45, 2.75) is 38.1 Å². The number of hydrogen-bond donors (Lipinski definition) is 1. The van der Waals surface area contributed by atoms with Crippen LogP contribution in [0.4, 0.5) is 18.9 Å². The molecule has 1 aliphatic rings. The summed E-state index contributed by atoms with van der Waals surface area (Å²) in [6, 6.07) is 5.65. The second kappa shape index (κ2) is 5.18. The number of ether oxygens (including phenoxy) is 1. The van der Waals surface area contributed by atoms with Crippen molar-refractivity contribution in [2.24, 2.45) is 0 Å². The highest BCUT2D eigenvalue weighted by Crippen LogP contribution is 2.36. The quantitative estimate of drug-likeness (QED) is 0.890. The fourth-order valence-corrected chi connectivity index (χ4v) is 2.13. The number of para-hydroxylation sites is 1. The van der Waals surface area contributed by atoms with E-state index in [0.717, 1.165) is 18.9 Å². The Bertz CT molecular complexity index is 399. The van der Waals surface area contributed by atoms with Crippen molar-refractivity contribution in [3.8, 4) is 0 Å². The van der Waals surface area contributed by atoms with Gasteiger partial charge in [-0.3, -0.25) is 0 Å². The van der Waals surface area contributed by atoms with Crippen molar-refractivity contribution in [3.05, 3.63) is 29.8 Å². The van der Waals surface area contributed by atoms with Crippen LogP contribution < -0.4 is 5.32 Å². The standard InChI is InChI=1S/C13H16F3NO/c1-2-18-10-7-9(8-10)17-12-6-4-3-5-11(12)13(14,15)16/h3-6,9-10,17H,2,7-8H2,1H3. The molecule has 2 nitrogen and oxygen atoms in total. The van der Waals surface area contributed by atoms with Crippen LogP contribution in [0.1, 0.15) is 25.3 Å². The van der Waals surface area contributed by atoms with E-state index in [0.29, 0.717) is 6.61 Å². The third kappa shape index (κ3) is 2.96. The van der Waals surface area contributed by atoms with Crippen LogP contribution in [0.15, 0.2) is 24.3 Å². The molecule has 18 heavy (non-hydrogen) atoms. The van der Waals surface area contributed by atoms with Gasteiger partial charge in [0.2, 0.25) is 0 Å². The molecule has 1 aromatic carbocycles. The van der Waals surface area contributed by atoms with E-state index in [-0.39, 0.29) is 17.8 Å². The highest BCUT2D eigenvalue weighted by molar-refractivity contribution is 5.53. The zero-order valence-electron chi connectivity index (χ0n) is 10.1. The number of halogens is 3. The van der Waals surface area contributed by atoms with Crippen LogP contribution in [0.5, 0.6) is 0 Å². The zero-order chi connectivity index (χ0) is 13.2. The number of rotatable bonds is 4. The van der Waals surface area contributed by atoms with Crippen LogP contribution in [0, 0.1) is 0 Å². The molecule has 1 N–H and O–H groups in total. The van der Waals surface area contributed by atoms with Crippen molar-refractivity contribution >= 4 is 5.69 Å². The van der Waals surface area contributed by atoms with Gasteiger partial charge in [-0.2, -0.15) is 13.2 Å². The van der Waals surface area contributed by atoms with E-state index in [1.807, 2.05) is 6.92 Å². The van der Waals surface area contributed by atoms with Crippen LogP contribution >= 0.6 is 0 Å². The second-order valence-corrected chi connectivity index (χ2v) is 4.43. The lowest BCUT2D eigenvalue weighted by molar-refractivity contribution is -0.137. The van der Waals surface area contributed by atoms with Gasteiger partial charge >= 0.3 is 6.18 Å². The molecule has 0 heterocycles. The molecule has 1 saturated carbocycles. The van der Waals surface area contributed by atoms with Gasteiger partial charge in [0.1, 0.15) is 0 Å². The monoisotopic (exact) mass is 259 g/mol. The van der Waals surface area contributed by atoms with Crippen LogP contribution in [-0.2, 0) is 10.9 Å². The first-order chi connectivity index (χ1) is 8.50. The molecule has 0 atom stereocenters. The van der Waals surface area contributed by atoms with Crippen molar-refractivity contribution in [1.82, 2.24) is 0 Å². The number of nitrogens with one attached hydrogen (secondary N) is 1. The third-order valence-corrected chi connectivity index (χ3v) is 3.09. The van der Waals surface area contributed by atoms with Crippen LogP contribution in [0.25, 0.3) is 0 Å². The second-order valence-electron chi connectivity index (χ2n) is 4.43. The van der Waals surface area contributed by atoms with Gasteiger partial charge in [0.05, 0.1) is 11.7 Å². The zero-order valence-corrected chi connectivity index (χ0v) is 10.1. The summed E-state index contributed by atoms with van der Waals surface area (Å²) in [5.74, 6) is 0. The fourth-order valence-electron chi connectivity index (χ4n) is 2.13. The maximum Gasteiger partial charge on any atom is 0.418 e. The van der Waals surface area contributed by atoms with Crippen LogP contribution in [0.3, 0.4) is 0 Å². The molecule has 0 bridgehead atoms. The summed E-state index contributed by atoms with van der Waals surface area (Å²) in [7, 11) is 0. The first kappa shape index (κ1) is 13.2. The Morgan fingerprint density at radius 2 is 1.94 bits per heavy atom. The Hall–Kier alpha value is -1.23. The molecule has 0 radical (unpaired) electrons. The molecule has 0 saturated heterocycles. The molecule has 0 aromatic heterocycles. The van der Waals surface area contributed by atoms with E-state index in [1.54, 1.807) is 6.07 Å². The topological polar surface area (TPSA) is 21.3 Å². The van der Waals surface area contributed by atoms with E-state index in [9.17, 15) is 13.2 Å². The van der Waals surface area contributed by atoms with Gasteiger partial charge in [0.15, 0.2) is 0 Å². The summed E-state index contributed by atoms with van der Waals surface area (Å²) in [6.07, 6.45) is -2.60. The molecule has 0 unspecified atom stereocenters. The number of hydrogen-bond acceptors (Lipinski definition) is 2. The summed E-state index contributed by atoms with van der Waals surface area (Å²) in [5.41, 5.74) is -0.449. The Morgan fingerprint density at radius 3 is 2.56 bits per heavy atom. The summed E-state index contributed by atoms with van der Waals surface area (Å²) in [6.45, 7) is 2.57. The van der Waals surface area contributed by atoms with Crippen LogP contribution in [-0.4, -0.2) is 18.8 Å². The highest BCUT2D eigenvalue weighted by atomic mass is 19.4. The van der Waals surface area contributed by atoms with Gasteiger partial charge in [-0.15, -0.1) is 0 Å². The minimum absolute atomic E-state index is 0.0741. The van der Waals surface area contributed by atoms with Gasteiger partial charge in [-0.05, 0) is 31.9 Å².